The highest BCUT2D eigenvalue weighted by atomic mass is 15.1. The van der Waals surface area contributed by atoms with Crippen LogP contribution in [0.5, 0.6) is 0 Å². The summed E-state index contributed by atoms with van der Waals surface area (Å²) in [7, 11) is 2.03. The maximum Gasteiger partial charge on any atom is 0.0641 e. The predicted molar refractivity (Wildman–Crippen MR) is 74.8 cm³/mol. The summed E-state index contributed by atoms with van der Waals surface area (Å²) in [6.07, 6.45) is 0. The van der Waals surface area contributed by atoms with Crippen molar-refractivity contribution < 1.29 is 0 Å². The van der Waals surface area contributed by atoms with Crippen LogP contribution in [-0.2, 0) is 0 Å². The van der Waals surface area contributed by atoms with Crippen molar-refractivity contribution in [3.63, 3.8) is 0 Å². The van der Waals surface area contributed by atoms with Crippen molar-refractivity contribution in [3.8, 4) is 0 Å². The maximum absolute atomic E-state index is 6.05. The van der Waals surface area contributed by atoms with Gasteiger partial charge in [-0.2, -0.15) is 0 Å². The Balaban J connectivity index is 2.36. The van der Waals surface area contributed by atoms with Crippen LogP contribution in [0.1, 0.15) is 11.1 Å². The largest absolute Gasteiger partial charge is 0.397 e. The average molecular weight is 226 g/mol. The molecule has 0 aliphatic heterocycles. The molecule has 0 unspecified atom stereocenters. The molecule has 0 saturated heterocycles. The third-order valence-electron chi connectivity index (χ3n) is 2.97. The Morgan fingerprint density at radius 2 is 1.47 bits per heavy atom. The highest BCUT2D eigenvalue weighted by molar-refractivity contribution is 5.74. The van der Waals surface area contributed by atoms with Gasteiger partial charge in [-0.05, 0) is 43.7 Å². The quantitative estimate of drug-likeness (QED) is 0.792. The topological polar surface area (TPSA) is 29.3 Å². The molecule has 0 fully saturated rings. The fourth-order valence-corrected chi connectivity index (χ4v) is 1.89. The van der Waals surface area contributed by atoms with Gasteiger partial charge in [0.25, 0.3) is 0 Å². The van der Waals surface area contributed by atoms with E-state index in [4.69, 9.17) is 5.73 Å². The predicted octanol–water partition coefficient (Wildman–Crippen LogP) is 3.65. The molecule has 2 nitrogen and oxygen atoms in total. The van der Waals surface area contributed by atoms with Gasteiger partial charge in [-0.25, -0.2) is 0 Å². The van der Waals surface area contributed by atoms with E-state index >= 15 is 0 Å². The zero-order valence-corrected chi connectivity index (χ0v) is 10.6. The molecule has 17 heavy (non-hydrogen) atoms. The third kappa shape index (κ3) is 2.41. The van der Waals surface area contributed by atoms with E-state index in [1.807, 2.05) is 20.0 Å². The summed E-state index contributed by atoms with van der Waals surface area (Å²) in [5, 5.41) is 0. The van der Waals surface area contributed by atoms with E-state index in [0.29, 0.717) is 0 Å². The van der Waals surface area contributed by atoms with E-state index in [1.165, 1.54) is 11.1 Å². The van der Waals surface area contributed by atoms with Gasteiger partial charge in [0.15, 0.2) is 0 Å². The van der Waals surface area contributed by atoms with Gasteiger partial charge >= 0.3 is 0 Å². The lowest BCUT2D eigenvalue weighted by Crippen LogP contribution is -2.11. The second-order valence-electron chi connectivity index (χ2n) is 4.46. The molecule has 2 aromatic carbocycles. The Hall–Kier alpha value is -1.96. The number of benzene rings is 2. The Morgan fingerprint density at radius 1 is 0.882 bits per heavy atom. The first-order chi connectivity index (χ1) is 8.08. The van der Waals surface area contributed by atoms with Crippen molar-refractivity contribution in [2.24, 2.45) is 0 Å². The molecular weight excluding hydrogens is 208 g/mol. The van der Waals surface area contributed by atoms with E-state index in [0.717, 1.165) is 17.1 Å². The molecule has 0 amide bonds. The fraction of sp³-hybridized carbons (Fsp3) is 0.200. The standard InChI is InChI=1S/C15H18N2/c1-11-4-7-13(8-5-11)17(3)15-9-6-12(2)10-14(15)16/h4-10H,16H2,1-3H3. The Labute approximate surface area is 103 Å². The summed E-state index contributed by atoms with van der Waals surface area (Å²) in [5.74, 6) is 0. The van der Waals surface area contributed by atoms with Gasteiger partial charge in [-0.15, -0.1) is 0 Å². The van der Waals surface area contributed by atoms with Crippen LogP contribution < -0.4 is 10.6 Å². The van der Waals surface area contributed by atoms with Gasteiger partial charge in [-0.1, -0.05) is 23.8 Å². The Bertz CT molecular complexity index is 515. The second-order valence-corrected chi connectivity index (χ2v) is 4.46. The number of rotatable bonds is 2. The van der Waals surface area contributed by atoms with Crippen LogP contribution in [0.3, 0.4) is 0 Å². The maximum atomic E-state index is 6.05. The van der Waals surface area contributed by atoms with Gasteiger partial charge in [0.1, 0.15) is 0 Å². The molecular formula is C15H18N2. The number of nitrogens with two attached hydrogens (primary N) is 1. The fourth-order valence-electron chi connectivity index (χ4n) is 1.89. The summed E-state index contributed by atoms with van der Waals surface area (Å²) in [6.45, 7) is 4.13. The molecule has 88 valence electrons. The number of anilines is 3. The monoisotopic (exact) mass is 226 g/mol. The van der Waals surface area contributed by atoms with E-state index in [2.05, 4.69) is 48.2 Å². The smallest absolute Gasteiger partial charge is 0.0641 e. The van der Waals surface area contributed by atoms with Gasteiger partial charge in [-0.3, -0.25) is 0 Å². The van der Waals surface area contributed by atoms with Crippen molar-refractivity contribution in [3.05, 3.63) is 53.6 Å². The van der Waals surface area contributed by atoms with Crippen molar-refractivity contribution in [2.75, 3.05) is 17.7 Å². The number of nitrogen functional groups attached to an aromatic ring is 1. The number of nitrogens with zero attached hydrogens (tertiary/aromatic N) is 1. The minimum absolute atomic E-state index is 0.813. The molecule has 2 rings (SSSR count). The summed E-state index contributed by atoms with van der Waals surface area (Å²) in [4.78, 5) is 2.11. The van der Waals surface area contributed by atoms with E-state index in [9.17, 15) is 0 Å². The van der Waals surface area contributed by atoms with Crippen LogP contribution in [0, 0.1) is 13.8 Å². The normalized spacial score (nSPS) is 10.3. The Morgan fingerprint density at radius 3 is 2.06 bits per heavy atom. The van der Waals surface area contributed by atoms with E-state index in [-0.39, 0.29) is 0 Å². The summed E-state index contributed by atoms with van der Waals surface area (Å²) >= 11 is 0. The molecule has 2 aromatic rings. The lowest BCUT2D eigenvalue weighted by molar-refractivity contribution is 1.20. The van der Waals surface area contributed by atoms with Gasteiger partial charge < -0.3 is 10.6 Å². The van der Waals surface area contributed by atoms with Crippen molar-refractivity contribution in [1.29, 1.82) is 0 Å². The SMILES string of the molecule is Cc1ccc(N(C)c2ccc(C)cc2N)cc1. The molecule has 0 saturated carbocycles. The van der Waals surface area contributed by atoms with Gasteiger partial charge in [0, 0.05) is 12.7 Å². The summed E-state index contributed by atoms with van der Waals surface area (Å²) < 4.78 is 0. The number of hydrogen-bond acceptors (Lipinski definition) is 2. The van der Waals surface area contributed by atoms with Crippen molar-refractivity contribution in [2.45, 2.75) is 13.8 Å². The molecule has 0 atom stereocenters. The van der Waals surface area contributed by atoms with Crippen LogP contribution in [0.4, 0.5) is 17.1 Å². The van der Waals surface area contributed by atoms with Crippen LogP contribution in [0.2, 0.25) is 0 Å². The Kier molecular flexibility index (Phi) is 3.05. The molecule has 2 N–H and O–H groups in total. The zero-order chi connectivity index (χ0) is 12.4. The summed E-state index contributed by atoms with van der Waals surface area (Å²) in [5.41, 5.74) is 11.5. The van der Waals surface area contributed by atoms with Crippen LogP contribution in [0.15, 0.2) is 42.5 Å². The molecule has 0 spiro atoms. The first-order valence-electron chi connectivity index (χ1n) is 5.74. The minimum Gasteiger partial charge on any atom is -0.397 e. The highest BCUT2D eigenvalue weighted by Crippen LogP contribution is 2.29. The van der Waals surface area contributed by atoms with E-state index < -0.39 is 0 Å². The summed E-state index contributed by atoms with van der Waals surface area (Å²) in [6, 6.07) is 14.6. The molecule has 0 heterocycles. The first kappa shape index (κ1) is 11.5. The number of aryl methyl sites for hydroxylation is 2. The van der Waals surface area contributed by atoms with Crippen molar-refractivity contribution >= 4 is 17.1 Å². The molecule has 2 heteroatoms. The second kappa shape index (κ2) is 4.50. The van der Waals surface area contributed by atoms with Crippen molar-refractivity contribution in [1.82, 2.24) is 0 Å². The lowest BCUT2D eigenvalue weighted by atomic mass is 10.1. The average Bonchev–Trinajstić information content (AvgIpc) is 2.29. The van der Waals surface area contributed by atoms with Crippen LogP contribution >= 0.6 is 0 Å². The molecule has 0 radical (unpaired) electrons. The van der Waals surface area contributed by atoms with Crippen LogP contribution in [-0.4, -0.2) is 7.05 Å². The molecule has 0 bridgehead atoms. The van der Waals surface area contributed by atoms with E-state index in [1.54, 1.807) is 0 Å². The number of hydrogen-bond donors (Lipinski definition) is 1. The zero-order valence-electron chi connectivity index (χ0n) is 10.6. The molecule has 0 aromatic heterocycles. The van der Waals surface area contributed by atoms with Gasteiger partial charge in [0.05, 0.1) is 11.4 Å². The highest BCUT2D eigenvalue weighted by Gasteiger charge is 2.07. The minimum atomic E-state index is 0.813. The van der Waals surface area contributed by atoms with Crippen LogP contribution in [0.25, 0.3) is 0 Å². The first-order valence-corrected chi connectivity index (χ1v) is 5.74. The third-order valence-corrected chi connectivity index (χ3v) is 2.97. The van der Waals surface area contributed by atoms with Gasteiger partial charge in [0.2, 0.25) is 0 Å². The molecule has 0 aliphatic rings. The lowest BCUT2D eigenvalue weighted by Gasteiger charge is -2.21. The molecule has 0 aliphatic carbocycles.